The Morgan fingerprint density at radius 1 is 2.00 bits per heavy atom. The zero-order chi connectivity index (χ0) is 4.28. The maximum Gasteiger partial charge on any atom is 0.0898 e. The van der Waals surface area contributed by atoms with Crippen LogP contribution in [0, 0.1) is 0 Å². The first-order valence-electron chi connectivity index (χ1n) is 1.11. The van der Waals surface area contributed by atoms with E-state index in [1.165, 1.54) is 6.66 Å². The summed E-state index contributed by atoms with van der Waals surface area (Å²) in [6.07, 6.45) is 0. The van der Waals surface area contributed by atoms with E-state index in [1.807, 2.05) is 0 Å². The average Bonchev–Trinajstić information content (AvgIpc) is 1.38. The van der Waals surface area contributed by atoms with E-state index in [2.05, 4.69) is 0 Å². The largest absolute Gasteiger partial charge is 0.340 e. The molecular weight excluding hydrogens is 109 g/mol. The number of hydrogen-bond acceptors (Lipinski definition) is 0. The van der Waals surface area contributed by atoms with E-state index in [-0.39, 0.29) is 8.09 Å². The molecule has 1 unspecified atom stereocenters. The summed E-state index contributed by atoms with van der Waals surface area (Å²) in [6, 6.07) is 0. The first-order chi connectivity index (χ1) is 2.27. The molecule has 0 heterocycles. The molecule has 0 bridgehead atoms. The number of rotatable bonds is 0. The van der Waals surface area contributed by atoms with Crippen LogP contribution < -0.4 is 0 Å². The van der Waals surface area contributed by atoms with Gasteiger partial charge in [-0.05, 0) is 6.66 Å². The summed E-state index contributed by atoms with van der Waals surface area (Å²) in [5.41, 5.74) is 0. The standard InChI is InChI=1S/CH5FOP2/c1-5(2)4-3/h3,5H,1H3. The summed E-state index contributed by atoms with van der Waals surface area (Å²) < 4.78 is 11.3. The molecule has 1 nitrogen and oxygen atoms in total. The number of hydrogen-bond donors (Lipinski definition) is 1. The predicted molar refractivity (Wildman–Crippen MR) is 24.5 cm³/mol. The van der Waals surface area contributed by atoms with Gasteiger partial charge >= 0.3 is 0 Å². The van der Waals surface area contributed by atoms with Gasteiger partial charge in [-0.15, -0.1) is 0 Å². The Hall–Kier alpha value is 0.620. The third kappa shape index (κ3) is 4.62. The molecule has 0 aromatic carbocycles. The van der Waals surface area contributed by atoms with Crippen molar-refractivity contribution in [3.63, 3.8) is 0 Å². The van der Waals surface area contributed by atoms with Crippen LogP contribution in [0.1, 0.15) is 0 Å². The van der Waals surface area contributed by atoms with Crippen molar-refractivity contribution in [3.05, 3.63) is 0 Å². The van der Waals surface area contributed by atoms with Gasteiger partial charge in [-0.1, -0.05) is 0 Å². The first kappa shape index (κ1) is 5.62. The molecule has 32 valence electrons. The van der Waals surface area contributed by atoms with Crippen molar-refractivity contribution in [2.75, 3.05) is 6.66 Å². The van der Waals surface area contributed by atoms with E-state index < -0.39 is 7.52 Å². The summed E-state index contributed by atoms with van der Waals surface area (Å²) >= 11 is 0. The lowest BCUT2D eigenvalue weighted by atomic mass is 12.0. The Morgan fingerprint density at radius 3 is 2.20 bits per heavy atom. The van der Waals surface area contributed by atoms with Gasteiger partial charge in [0.1, 0.15) is 0 Å². The van der Waals surface area contributed by atoms with Crippen molar-refractivity contribution < 1.29 is 9.09 Å². The normalized spacial score (nSPS) is 15.8. The Balaban J connectivity index is 3.14. The van der Waals surface area contributed by atoms with E-state index in [1.54, 1.807) is 0 Å². The highest BCUT2D eigenvalue weighted by Crippen LogP contribution is 2.28. The fourth-order valence-corrected chi connectivity index (χ4v) is 0. The highest BCUT2D eigenvalue weighted by molar-refractivity contribution is 7.88. The molecule has 0 aromatic heterocycles. The second kappa shape index (κ2) is 2.84. The monoisotopic (exact) mass is 114 g/mol. The molecule has 0 amide bonds. The van der Waals surface area contributed by atoms with Crippen molar-refractivity contribution in [2.45, 2.75) is 0 Å². The molecule has 0 rings (SSSR count). The minimum Gasteiger partial charge on any atom is -0.340 e. The maximum atomic E-state index is 11.3. The summed E-state index contributed by atoms with van der Waals surface area (Å²) in [6.45, 7) is 1.40. The SMILES string of the molecule is C[PH](F)=PO. The molecule has 0 saturated heterocycles. The third-order valence-electron chi connectivity index (χ3n) is 0.138. The second-order valence-electron chi connectivity index (χ2n) is 0.597. The van der Waals surface area contributed by atoms with Crippen molar-refractivity contribution >= 4 is 15.6 Å². The van der Waals surface area contributed by atoms with Crippen molar-refractivity contribution in [3.8, 4) is 0 Å². The highest BCUT2D eigenvalue weighted by atomic mass is 31.8. The van der Waals surface area contributed by atoms with Gasteiger partial charge in [0.2, 0.25) is 0 Å². The Morgan fingerprint density at radius 2 is 2.20 bits per heavy atom. The van der Waals surface area contributed by atoms with Crippen molar-refractivity contribution in [1.29, 1.82) is 0 Å². The minimum atomic E-state index is -1.85. The van der Waals surface area contributed by atoms with E-state index in [0.29, 0.717) is 0 Å². The second-order valence-corrected chi connectivity index (χ2v) is 4.24. The minimum absolute atomic E-state index is 0.0679. The fourth-order valence-electron chi connectivity index (χ4n) is 0. The maximum absolute atomic E-state index is 11.3. The van der Waals surface area contributed by atoms with E-state index in [9.17, 15) is 4.20 Å². The molecule has 1 atom stereocenters. The van der Waals surface area contributed by atoms with E-state index in [4.69, 9.17) is 4.89 Å². The zero-order valence-corrected chi connectivity index (χ0v) is 4.67. The molecule has 4 heteroatoms. The van der Waals surface area contributed by atoms with Crippen LogP contribution in [-0.4, -0.2) is 11.6 Å². The van der Waals surface area contributed by atoms with Crippen LogP contribution in [0.3, 0.4) is 0 Å². The third-order valence-corrected chi connectivity index (χ3v) is 1.24. The van der Waals surface area contributed by atoms with Crippen LogP contribution >= 0.6 is 15.6 Å². The highest BCUT2D eigenvalue weighted by Gasteiger charge is 1.67. The smallest absolute Gasteiger partial charge is 0.0898 e. The van der Waals surface area contributed by atoms with Crippen LogP contribution in [0.4, 0.5) is 4.20 Å². The summed E-state index contributed by atoms with van der Waals surface area (Å²) in [5, 5.41) is 0. The van der Waals surface area contributed by atoms with Crippen LogP contribution in [-0.2, 0) is 0 Å². The first-order valence-corrected chi connectivity index (χ1v) is 4.68. The Labute approximate surface area is 32.4 Å². The molecule has 0 aromatic rings. The fraction of sp³-hybridized carbons (Fsp3) is 1.00. The molecule has 0 aliphatic carbocycles. The van der Waals surface area contributed by atoms with E-state index in [0.717, 1.165) is 0 Å². The van der Waals surface area contributed by atoms with Crippen LogP contribution in [0.2, 0.25) is 0 Å². The van der Waals surface area contributed by atoms with Crippen LogP contribution in [0.5, 0.6) is 0 Å². The number of halogens is 1. The summed E-state index contributed by atoms with van der Waals surface area (Å²) in [4.78, 5) is 7.79. The van der Waals surface area contributed by atoms with Crippen LogP contribution in [0.15, 0.2) is 0 Å². The molecule has 5 heavy (non-hydrogen) atoms. The zero-order valence-electron chi connectivity index (χ0n) is 2.77. The molecule has 0 aliphatic heterocycles. The summed E-state index contributed by atoms with van der Waals surface area (Å²) in [5.74, 6) is 0. The molecule has 0 spiro atoms. The average molecular weight is 114 g/mol. The molecule has 0 aliphatic rings. The van der Waals surface area contributed by atoms with E-state index >= 15 is 0 Å². The van der Waals surface area contributed by atoms with Crippen molar-refractivity contribution in [2.24, 2.45) is 0 Å². The van der Waals surface area contributed by atoms with Crippen LogP contribution in [0.25, 0.3) is 0 Å². The predicted octanol–water partition coefficient (Wildman–Crippen LogP) is 1.48. The van der Waals surface area contributed by atoms with Crippen molar-refractivity contribution in [1.82, 2.24) is 0 Å². The molecule has 0 saturated carbocycles. The van der Waals surface area contributed by atoms with Gasteiger partial charge in [0.15, 0.2) is 0 Å². The Bertz CT molecular complexity index is 47.6. The van der Waals surface area contributed by atoms with Gasteiger partial charge in [0.25, 0.3) is 0 Å². The molecule has 0 fully saturated rings. The van der Waals surface area contributed by atoms with Gasteiger partial charge in [-0.2, -0.15) is 0 Å². The van der Waals surface area contributed by atoms with Gasteiger partial charge in [0, 0.05) is 0 Å². The lowest BCUT2D eigenvalue weighted by molar-refractivity contribution is 0.660. The topological polar surface area (TPSA) is 20.2 Å². The van der Waals surface area contributed by atoms with Gasteiger partial charge in [0.05, 0.1) is 15.6 Å². The lowest BCUT2D eigenvalue weighted by Crippen LogP contribution is -1.22. The lowest BCUT2D eigenvalue weighted by Gasteiger charge is -1.68. The van der Waals surface area contributed by atoms with Gasteiger partial charge < -0.3 is 4.89 Å². The molecule has 1 N–H and O–H groups in total. The Kier molecular flexibility index (Phi) is 3.19. The summed E-state index contributed by atoms with van der Waals surface area (Å²) in [7, 11) is -1.91. The van der Waals surface area contributed by atoms with Gasteiger partial charge in [-0.3, -0.25) is 0 Å². The quantitative estimate of drug-likeness (QED) is 0.473. The molecular formula is CH5FOP2. The molecule has 0 radical (unpaired) electrons. The van der Waals surface area contributed by atoms with Gasteiger partial charge in [-0.25, -0.2) is 4.20 Å².